The Balaban J connectivity index is 1.91. The molecule has 2 fully saturated rings. The predicted octanol–water partition coefficient (Wildman–Crippen LogP) is 0.929. The Morgan fingerprint density at radius 3 is 2.67 bits per heavy atom. The van der Waals surface area contributed by atoms with Gasteiger partial charge in [0.15, 0.2) is 0 Å². The molecule has 0 aliphatic carbocycles. The molecule has 0 saturated carbocycles. The van der Waals surface area contributed by atoms with Gasteiger partial charge in [-0.1, -0.05) is 6.92 Å². The van der Waals surface area contributed by atoms with Crippen LogP contribution in [0, 0.1) is 5.41 Å². The number of hydrogen-bond donors (Lipinski definition) is 1. The first-order chi connectivity index (χ1) is 8.53. The molecule has 2 aliphatic rings. The van der Waals surface area contributed by atoms with Gasteiger partial charge >= 0.3 is 0 Å². The summed E-state index contributed by atoms with van der Waals surface area (Å²) in [5.41, 5.74) is -0.142. The second-order valence-electron chi connectivity index (χ2n) is 6.27. The van der Waals surface area contributed by atoms with E-state index in [4.69, 9.17) is 0 Å². The van der Waals surface area contributed by atoms with Crippen molar-refractivity contribution < 1.29 is 4.79 Å². The van der Waals surface area contributed by atoms with E-state index in [1.807, 2.05) is 11.9 Å². The van der Waals surface area contributed by atoms with Gasteiger partial charge in [-0.15, -0.1) is 0 Å². The van der Waals surface area contributed by atoms with Gasteiger partial charge in [0.2, 0.25) is 5.91 Å². The zero-order chi connectivity index (χ0) is 13.2. The largest absolute Gasteiger partial charge is 0.344 e. The third kappa shape index (κ3) is 2.86. The van der Waals surface area contributed by atoms with Crippen LogP contribution in [0.4, 0.5) is 0 Å². The van der Waals surface area contributed by atoms with Gasteiger partial charge in [0.05, 0.1) is 0 Å². The van der Waals surface area contributed by atoms with Crippen molar-refractivity contribution in [2.45, 2.75) is 38.6 Å². The number of likely N-dealkylation sites (N-methyl/N-ethyl adjacent to an activating group) is 2. The van der Waals surface area contributed by atoms with Crippen molar-refractivity contribution in [3.63, 3.8) is 0 Å². The Kier molecular flexibility index (Phi) is 4.28. The lowest BCUT2D eigenvalue weighted by atomic mass is 9.79. The Hall–Kier alpha value is -0.610. The van der Waals surface area contributed by atoms with Crippen LogP contribution in [0.2, 0.25) is 0 Å². The van der Waals surface area contributed by atoms with Crippen LogP contribution in [0.3, 0.4) is 0 Å². The minimum atomic E-state index is -0.142. The third-order valence-corrected chi connectivity index (χ3v) is 4.73. The highest BCUT2D eigenvalue weighted by atomic mass is 16.2. The van der Waals surface area contributed by atoms with E-state index in [2.05, 4.69) is 24.2 Å². The predicted molar refractivity (Wildman–Crippen MR) is 73.5 cm³/mol. The molecular formula is C14H27N3O. The molecule has 0 aromatic carbocycles. The van der Waals surface area contributed by atoms with Crippen LogP contribution in [0.5, 0.6) is 0 Å². The molecule has 1 atom stereocenters. The van der Waals surface area contributed by atoms with E-state index in [1.165, 1.54) is 19.4 Å². The lowest BCUT2D eigenvalue weighted by molar-refractivity contribution is -0.141. The quantitative estimate of drug-likeness (QED) is 0.813. The zero-order valence-corrected chi connectivity index (χ0v) is 12.0. The molecule has 0 bridgehead atoms. The Labute approximate surface area is 111 Å². The van der Waals surface area contributed by atoms with E-state index in [0.29, 0.717) is 11.9 Å². The summed E-state index contributed by atoms with van der Waals surface area (Å²) < 4.78 is 0. The fourth-order valence-electron chi connectivity index (χ4n) is 3.26. The molecule has 18 heavy (non-hydrogen) atoms. The summed E-state index contributed by atoms with van der Waals surface area (Å²) in [6.45, 7) is 6.14. The standard InChI is InChI=1S/C14H27N3O/c1-14(6-8-15-9-7-14)13(18)17(3)11-12-5-4-10-16(12)2/h12,15H,4-11H2,1-3H3. The molecule has 104 valence electrons. The average Bonchev–Trinajstić information content (AvgIpc) is 2.75. The number of carbonyl (C=O) groups is 1. The highest BCUT2D eigenvalue weighted by Gasteiger charge is 2.37. The number of amides is 1. The van der Waals surface area contributed by atoms with Crippen LogP contribution >= 0.6 is 0 Å². The van der Waals surface area contributed by atoms with Crippen molar-refractivity contribution in [2.24, 2.45) is 5.41 Å². The van der Waals surface area contributed by atoms with Gasteiger partial charge in [0.1, 0.15) is 0 Å². The van der Waals surface area contributed by atoms with Crippen molar-refractivity contribution in [1.82, 2.24) is 15.1 Å². The number of piperidine rings is 1. The van der Waals surface area contributed by atoms with Crippen molar-refractivity contribution in [1.29, 1.82) is 0 Å². The van der Waals surface area contributed by atoms with E-state index >= 15 is 0 Å². The second kappa shape index (κ2) is 5.57. The topological polar surface area (TPSA) is 35.6 Å². The van der Waals surface area contributed by atoms with Gasteiger partial charge in [-0.25, -0.2) is 0 Å². The van der Waals surface area contributed by atoms with Gasteiger partial charge in [-0.3, -0.25) is 4.79 Å². The number of rotatable bonds is 3. The molecule has 0 spiro atoms. The first-order valence-corrected chi connectivity index (χ1v) is 7.19. The van der Waals surface area contributed by atoms with Crippen LogP contribution in [0.15, 0.2) is 0 Å². The fourth-order valence-corrected chi connectivity index (χ4v) is 3.26. The molecule has 2 rings (SSSR count). The van der Waals surface area contributed by atoms with Crippen LogP contribution in [0.25, 0.3) is 0 Å². The van der Waals surface area contributed by atoms with Crippen LogP contribution in [-0.4, -0.2) is 62.0 Å². The smallest absolute Gasteiger partial charge is 0.228 e. The number of nitrogens with zero attached hydrogens (tertiary/aromatic N) is 2. The zero-order valence-electron chi connectivity index (χ0n) is 12.0. The summed E-state index contributed by atoms with van der Waals surface area (Å²) >= 11 is 0. The van der Waals surface area contributed by atoms with Gasteiger partial charge in [-0.05, 0) is 52.4 Å². The molecule has 4 nitrogen and oxygen atoms in total. The summed E-state index contributed by atoms with van der Waals surface area (Å²) in [7, 11) is 4.14. The Morgan fingerprint density at radius 2 is 2.11 bits per heavy atom. The molecule has 0 aromatic heterocycles. The van der Waals surface area contributed by atoms with Gasteiger partial charge in [0, 0.05) is 25.0 Å². The molecule has 0 radical (unpaired) electrons. The van der Waals surface area contributed by atoms with E-state index in [-0.39, 0.29) is 5.41 Å². The van der Waals surface area contributed by atoms with E-state index in [0.717, 1.165) is 32.5 Å². The molecule has 1 unspecified atom stereocenters. The molecule has 2 saturated heterocycles. The van der Waals surface area contributed by atoms with E-state index in [1.54, 1.807) is 0 Å². The number of hydrogen-bond acceptors (Lipinski definition) is 3. The minimum Gasteiger partial charge on any atom is -0.344 e. The Morgan fingerprint density at radius 1 is 1.44 bits per heavy atom. The first kappa shape index (κ1) is 13.8. The van der Waals surface area contributed by atoms with E-state index < -0.39 is 0 Å². The first-order valence-electron chi connectivity index (χ1n) is 7.19. The normalized spacial score (nSPS) is 28.3. The summed E-state index contributed by atoms with van der Waals surface area (Å²) in [4.78, 5) is 16.9. The minimum absolute atomic E-state index is 0.142. The van der Waals surface area contributed by atoms with Crippen molar-refractivity contribution in [2.75, 3.05) is 40.3 Å². The monoisotopic (exact) mass is 253 g/mol. The second-order valence-corrected chi connectivity index (χ2v) is 6.27. The highest BCUT2D eigenvalue weighted by molar-refractivity contribution is 5.82. The van der Waals surface area contributed by atoms with Gasteiger partial charge in [0.25, 0.3) is 0 Å². The maximum Gasteiger partial charge on any atom is 0.228 e. The summed E-state index contributed by atoms with van der Waals surface area (Å²) in [6.07, 6.45) is 4.43. The van der Waals surface area contributed by atoms with Crippen molar-refractivity contribution in [3.8, 4) is 0 Å². The summed E-state index contributed by atoms with van der Waals surface area (Å²) in [5.74, 6) is 0.337. The average molecular weight is 253 g/mol. The third-order valence-electron chi connectivity index (χ3n) is 4.73. The van der Waals surface area contributed by atoms with Crippen molar-refractivity contribution >= 4 is 5.91 Å². The van der Waals surface area contributed by atoms with Crippen molar-refractivity contribution in [3.05, 3.63) is 0 Å². The van der Waals surface area contributed by atoms with Crippen LogP contribution < -0.4 is 5.32 Å². The summed E-state index contributed by atoms with van der Waals surface area (Å²) in [5, 5.41) is 3.33. The highest BCUT2D eigenvalue weighted by Crippen LogP contribution is 2.30. The summed E-state index contributed by atoms with van der Waals surface area (Å²) in [6, 6.07) is 0.560. The SMILES string of the molecule is CN(CC1CCCN1C)C(=O)C1(C)CCNCC1. The van der Waals surface area contributed by atoms with Gasteiger partial charge < -0.3 is 15.1 Å². The molecule has 1 N–H and O–H groups in total. The number of likely N-dealkylation sites (tertiary alicyclic amines) is 1. The molecule has 0 aromatic rings. The molecular weight excluding hydrogens is 226 g/mol. The Bertz CT molecular complexity index is 299. The molecule has 1 amide bonds. The van der Waals surface area contributed by atoms with Crippen LogP contribution in [-0.2, 0) is 4.79 Å². The lowest BCUT2D eigenvalue weighted by Crippen LogP contribution is -2.49. The van der Waals surface area contributed by atoms with Crippen LogP contribution in [0.1, 0.15) is 32.6 Å². The fraction of sp³-hybridized carbons (Fsp3) is 0.929. The van der Waals surface area contributed by atoms with Gasteiger partial charge in [-0.2, -0.15) is 0 Å². The molecule has 2 heterocycles. The van der Waals surface area contributed by atoms with E-state index in [9.17, 15) is 4.79 Å². The number of carbonyl (C=O) groups excluding carboxylic acids is 1. The lowest BCUT2D eigenvalue weighted by Gasteiger charge is -2.37. The number of nitrogens with one attached hydrogen (secondary N) is 1. The molecule has 2 aliphatic heterocycles. The molecule has 4 heteroatoms. The maximum absolute atomic E-state index is 12.6. The maximum atomic E-state index is 12.6.